The second-order valence-corrected chi connectivity index (χ2v) is 5.49. The van der Waals surface area contributed by atoms with Crippen LogP contribution in [0.15, 0.2) is 24.3 Å². The number of methoxy groups -OCH3 is 1. The third kappa shape index (κ3) is 6.37. The maximum Gasteiger partial charge on any atom is 0.251 e. The predicted molar refractivity (Wildman–Crippen MR) is 84.2 cm³/mol. The van der Waals surface area contributed by atoms with Gasteiger partial charge in [-0.15, -0.1) is 12.4 Å². The van der Waals surface area contributed by atoms with E-state index in [9.17, 15) is 4.79 Å². The molecule has 114 valence electrons. The highest BCUT2D eigenvalue weighted by molar-refractivity contribution is 5.94. The van der Waals surface area contributed by atoms with E-state index in [-0.39, 0.29) is 23.7 Å². The van der Waals surface area contributed by atoms with Crippen LogP contribution in [0.1, 0.15) is 36.2 Å². The lowest BCUT2D eigenvalue weighted by Crippen LogP contribution is -2.34. The van der Waals surface area contributed by atoms with Gasteiger partial charge in [-0.05, 0) is 29.5 Å². The van der Waals surface area contributed by atoms with Gasteiger partial charge in [-0.3, -0.25) is 4.79 Å². The van der Waals surface area contributed by atoms with Crippen molar-refractivity contribution in [3.8, 4) is 0 Å². The van der Waals surface area contributed by atoms with Gasteiger partial charge < -0.3 is 15.8 Å². The average Bonchev–Trinajstić information content (AvgIpc) is 2.43. The number of amides is 1. The topological polar surface area (TPSA) is 64.3 Å². The molecule has 1 aromatic carbocycles. The zero-order valence-electron chi connectivity index (χ0n) is 12.4. The fraction of sp³-hybridized carbons (Fsp3) is 0.533. The van der Waals surface area contributed by atoms with Crippen LogP contribution in [0, 0.1) is 5.41 Å². The molecule has 1 aromatic rings. The highest BCUT2D eigenvalue weighted by Crippen LogP contribution is 2.18. The van der Waals surface area contributed by atoms with Crippen LogP contribution in [-0.4, -0.2) is 26.2 Å². The molecule has 3 N–H and O–H groups in total. The lowest BCUT2D eigenvalue weighted by molar-refractivity contribution is 0.0921. The number of hydrogen-bond acceptors (Lipinski definition) is 3. The molecule has 0 spiro atoms. The van der Waals surface area contributed by atoms with Crippen molar-refractivity contribution in [2.45, 2.75) is 26.8 Å². The summed E-state index contributed by atoms with van der Waals surface area (Å²) in [6.07, 6.45) is 0.913. The maximum atomic E-state index is 12.0. The quantitative estimate of drug-likeness (QED) is 0.812. The summed E-state index contributed by atoms with van der Waals surface area (Å²) in [5, 5.41) is 2.96. The Morgan fingerprint density at radius 1 is 1.30 bits per heavy atom. The minimum Gasteiger partial charge on any atom is -0.385 e. The Kier molecular flexibility index (Phi) is 8.46. The molecule has 0 radical (unpaired) electrons. The lowest BCUT2D eigenvalue weighted by atomic mass is 9.89. The molecule has 20 heavy (non-hydrogen) atoms. The van der Waals surface area contributed by atoms with Crippen molar-refractivity contribution < 1.29 is 9.53 Å². The SMILES string of the molecule is COCCC(C)(C)CNC(=O)c1ccc(CN)cc1.Cl. The summed E-state index contributed by atoms with van der Waals surface area (Å²) < 4.78 is 5.07. The largest absolute Gasteiger partial charge is 0.385 e. The highest BCUT2D eigenvalue weighted by Gasteiger charge is 2.18. The predicted octanol–water partition coefficient (Wildman–Crippen LogP) is 2.36. The molecule has 4 nitrogen and oxygen atoms in total. The minimum absolute atomic E-state index is 0. The second kappa shape index (κ2) is 8.95. The van der Waals surface area contributed by atoms with Crippen molar-refractivity contribution in [1.29, 1.82) is 0 Å². The first-order valence-corrected chi connectivity index (χ1v) is 6.54. The van der Waals surface area contributed by atoms with E-state index in [0.29, 0.717) is 25.3 Å². The number of hydrogen-bond donors (Lipinski definition) is 2. The molecule has 1 amide bonds. The van der Waals surface area contributed by atoms with Gasteiger partial charge in [-0.1, -0.05) is 26.0 Å². The summed E-state index contributed by atoms with van der Waals surface area (Å²) in [4.78, 5) is 12.0. The summed E-state index contributed by atoms with van der Waals surface area (Å²) >= 11 is 0. The van der Waals surface area contributed by atoms with E-state index >= 15 is 0 Å². The first-order chi connectivity index (χ1) is 8.98. The van der Waals surface area contributed by atoms with E-state index in [1.165, 1.54) is 0 Å². The zero-order valence-corrected chi connectivity index (χ0v) is 13.3. The van der Waals surface area contributed by atoms with E-state index in [4.69, 9.17) is 10.5 Å². The van der Waals surface area contributed by atoms with Gasteiger partial charge >= 0.3 is 0 Å². The smallest absolute Gasteiger partial charge is 0.251 e. The first kappa shape index (κ1) is 18.9. The number of rotatable bonds is 7. The Hall–Kier alpha value is -1.10. The average molecular weight is 301 g/mol. The fourth-order valence-electron chi connectivity index (χ4n) is 1.68. The van der Waals surface area contributed by atoms with Crippen LogP contribution < -0.4 is 11.1 Å². The molecule has 0 aliphatic carbocycles. The number of nitrogens with two attached hydrogens (primary N) is 1. The molecule has 0 fully saturated rings. The van der Waals surface area contributed by atoms with Gasteiger partial charge in [0, 0.05) is 32.4 Å². The molecule has 0 saturated heterocycles. The fourth-order valence-corrected chi connectivity index (χ4v) is 1.68. The van der Waals surface area contributed by atoms with Gasteiger partial charge in [-0.2, -0.15) is 0 Å². The van der Waals surface area contributed by atoms with Gasteiger partial charge in [0.2, 0.25) is 0 Å². The van der Waals surface area contributed by atoms with E-state index < -0.39 is 0 Å². The van der Waals surface area contributed by atoms with Crippen molar-refractivity contribution in [2.75, 3.05) is 20.3 Å². The van der Waals surface area contributed by atoms with Gasteiger partial charge in [0.15, 0.2) is 0 Å². The number of benzene rings is 1. The van der Waals surface area contributed by atoms with E-state index in [1.807, 2.05) is 12.1 Å². The van der Waals surface area contributed by atoms with Crippen LogP contribution in [-0.2, 0) is 11.3 Å². The van der Waals surface area contributed by atoms with Gasteiger partial charge in [-0.25, -0.2) is 0 Å². The van der Waals surface area contributed by atoms with Gasteiger partial charge in [0.05, 0.1) is 0 Å². The van der Waals surface area contributed by atoms with Crippen molar-refractivity contribution in [1.82, 2.24) is 5.32 Å². The molecule has 0 atom stereocenters. The molecule has 0 aromatic heterocycles. The van der Waals surface area contributed by atoms with Gasteiger partial charge in [0.1, 0.15) is 0 Å². The normalized spacial score (nSPS) is 10.8. The third-order valence-electron chi connectivity index (χ3n) is 3.16. The molecular formula is C15H25ClN2O2. The summed E-state index contributed by atoms with van der Waals surface area (Å²) in [7, 11) is 1.69. The second-order valence-electron chi connectivity index (χ2n) is 5.49. The summed E-state index contributed by atoms with van der Waals surface area (Å²) in [6, 6.07) is 7.37. The Labute approximate surface area is 127 Å². The minimum atomic E-state index is -0.0472. The lowest BCUT2D eigenvalue weighted by Gasteiger charge is -2.24. The Morgan fingerprint density at radius 2 is 1.90 bits per heavy atom. The molecule has 1 rings (SSSR count). The van der Waals surface area contributed by atoms with E-state index in [2.05, 4.69) is 19.2 Å². The van der Waals surface area contributed by atoms with E-state index in [0.717, 1.165) is 12.0 Å². The molecule has 0 bridgehead atoms. The Bertz CT molecular complexity index is 405. The van der Waals surface area contributed by atoms with Gasteiger partial charge in [0.25, 0.3) is 5.91 Å². The van der Waals surface area contributed by atoms with E-state index in [1.54, 1.807) is 19.2 Å². The number of halogens is 1. The van der Waals surface area contributed by atoms with Crippen LogP contribution in [0.2, 0.25) is 0 Å². The van der Waals surface area contributed by atoms with Crippen LogP contribution in [0.3, 0.4) is 0 Å². The molecule has 0 unspecified atom stereocenters. The maximum absolute atomic E-state index is 12.0. The summed E-state index contributed by atoms with van der Waals surface area (Å²) in [5.74, 6) is -0.0472. The molecule has 0 aliphatic rings. The number of carbonyl (C=O) groups is 1. The third-order valence-corrected chi connectivity index (χ3v) is 3.16. The molecule has 5 heteroatoms. The Morgan fingerprint density at radius 3 is 2.40 bits per heavy atom. The highest BCUT2D eigenvalue weighted by atomic mass is 35.5. The molecular weight excluding hydrogens is 276 g/mol. The van der Waals surface area contributed by atoms with Crippen LogP contribution >= 0.6 is 12.4 Å². The Balaban J connectivity index is 0.00000361. The molecule has 0 heterocycles. The zero-order chi connectivity index (χ0) is 14.3. The summed E-state index contributed by atoms with van der Waals surface area (Å²) in [6.45, 7) is 6.06. The van der Waals surface area contributed by atoms with Crippen molar-refractivity contribution in [3.63, 3.8) is 0 Å². The van der Waals surface area contributed by atoms with Crippen molar-refractivity contribution in [2.24, 2.45) is 11.1 Å². The summed E-state index contributed by atoms with van der Waals surface area (Å²) in [5.41, 5.74) is 7.25. The van der Waals surface area contributed by atoms with Crippen molar-refractivity contribution in [3.05, 3.63) is 35.4 Å². The standard InChI is InChI=1S/C15H24N2O2.ClH/c1-15(2,8-9-19-3)11-17-14(18)13-6-4-12(10-16)5-7-13;/h4-7H,8-11,16H2,1-3H3,(H,17,18);1H. The monoisotopic (exact) mass is 300 g/mol. The number of ether oxygens (including phenoxy) is 1. The van der Waals surface area contributed by atoms with Crippen LogP contribution in [0.5, 0.6) is 0 Å². The van der Waals surface area contributed by atoms with Crippen LogP contribution in [0.25, 0.3) is 0 Å². The molecule has 0 saturated carbocycles. The van der Waals surface area contributed by atoms with Crippen LogP contribution in [0.4, 0.5) is 0 Å². The first-order valence-electron chi connectivity index (χ1n) is 6.54. The molecule has 0 aliphatic heterocycles. The number of nitrogens with one attached hydrogen (secondary N) is 1. The van der Waals surface area contributed by atoms with Crippen molar-refractivity contribution >= 4 is 18.3 Å². The number of carbonyl (C=O) groups excluding carboxylic acids is 1.